The van der Waals surface area contributed by atoms with E-state index in [-0.39, 0.29) is 6.61 Å². The molecule has 4 aromatic rings. The molecular weight excluding hydrogens is 330 g/mol. The number of aryl methyl sites for hydroxylation is 3. The Morgan fingerprint density at radius 2 is 2.04 bits per heavy atom. The Labute approximate surface area is 150 Å². The van der Waals surface area contributed by atoms with E-state index < -0.39 is 0 Å². The summed E-state index contributed by atoms with van der Waals surface area (Å²) in [5, 5.41) is 19.2. The van der Waals surface area contributed by atoms with Crippen molar-refractivity contribution in [1.82, 2.24) is 34.5 Å². The summed E-state index contributed by atoms with van der Waals surface area (Å²) in [6, 6.07) is 7.67. The molecule has 0 radical (unpaired) electrons. The van der Waals surface area contributed by atoms with E-state index in [9.17, 15) is 5.11 Å². The van der Waals surface area contributed by atoms with E-state index in [1.807, 2.05) is 38.2 Å². The number of aromatic nitrogens is 7. The van der Waals surface area contributed by atoms with Crippen molar-refractivity contribution in [3.05, 3.63) is 42.4 Å². The first-order valence-corrected chi connectivity index (χ1v) is 8.44. The largest absolute Gasteiger partial charge is 0.396 e. The molecule has 0 aromatic carbocycles. The molecule has 0 bridgehead atoms. The summed E-state index contributed by atoms with van der Waals surface area (Å²) < 4.78 is 3.57. The van der Waals surface area contributed by atoms with Gasteiger partial charge >= 0.3 is 0 Å². The van der Waals surface area contributed by atoms with Gasteiger partial charge in [0.05, 0.1) is 5.69 Å². The number of pyridine rings is 2. The summed E-state index contributed by atoms with van der Waals surface area (Å²) in [5.74, 6) is 1.26. The van der Waals surface area contributed by atoms with Crippen LogP contribution in [0.15, 0.2) is 36.7 Å². The van der Waals surface area contributed by atoms with Crippen LogP contribution >= 0.6 is 0 Å². The summed E-state index contributed by atoms with van der Waals surface area (Å²) in [6.45, 7) is 2.62. The van der Waals surface area contributed by atoms with Crippen molar-refractivity contribution in [3.63, 3.8) is 0 Å². The van der Waals surface area contributed by atoms with Crippen LogP contribution in [0.25, 0.3) is 33.9 Å². The van der Waals surface area contributed by atoms with Crippen molar-refractivity contribution in [1.29, 1.82) is 0 Å². The van der Waals surface area contributed by atoms with Gasteiger partial charge in [0.25, 0.3) is 0 Å². The Hall–Kier alpha value is -3.13. The molecule has 4 rings (SSSR count). The third-order valence-electron chi connectivity index (χ3n) is 4.21. The second kappa shape index (κ2) is 6.64. The van der Waals surface area contributed by atoms with E-state index in [0.717, 1.165) is 22.3 Å². The molecule has 8 nitrogen and oxygen atoms in total. The minimum Gasteiger partial charge on any atom is -0.396 e. The Morgan fingerprint density at radius 3 is 2.81 bits per heavy atom. The molecule has 0 unspecified atom stereocenters. The molecular formula is C18H19N7O. The van der Waals surface area contributed by atoms with Gasteiger partial charge in [-0.25, -0.2) is 14.6 Å². The molecule has 1 N–H and O–H groups in total. The first-order chi connectivity index (χ1) is 12.7. The quantitative estimate of drug-likeness (QED) is 0.592. The summed E-state index contributed by atoms with van der Waals surface area (Å²) in [7, 11) is 1.88. The van der Waals surface area contributed by atoms with Gasteiger partial charge in [0.2, 0.25) is 0 Å². The molecule has 132 valence electrons. The molecule has 0 saturated carbocycles. The summed E-state index contributed by atoms with van der Waals surface area (Å²) in [5.41, 5.74) is 3.32. The van der Waals surface area contributed by atoms with E-state index >= 15 is 0 Å². The van der Waals surface area contributed by atoms with Crippen LogP contribution in [0.4, 0.5) is 0 Å². The molecule has 0 aliphatic heterocycles. The number of rotatable bonds is 5. The lowest BCUT2D eigenvalue weighted by Crippen LogP contribution is -2.05. The highest BCUT2D eigenvalue weighted by atomic mass is 16.3. The maximum Gasteiger partial charge on any atom is 0.200 e. The minimum absolute atomic E-state index is 0.0945. The van der Waals surface area contributed by atoms with Gasteiger partial charge in [0.15, 0.2) is 17.3 Å². The number of aliphatic hydroxyl groups excluding tert-OH is 1. The Balaban J connectivity index is 1.84. The van der Waals surface area contributed by atoms with E-state index in [0.29, 0.717) is 30.3 Å². The van der Waals surface area contributed by atoms with Crippen molar-refractivity contribution >= 4 is 11.0 Å². The van der Waals surface area contributed by atoms with Gasteiger partial charge in [-0.1, -0.05) is 6.07 Å². The van der Waals surface area contributed by atoms with Crippen molar-refractivity contribution < 1.29 is 5.11 Å². The monoisotopic (exact) mass is 349 g/mol. The fourth-order valence-corrected chi connectivity index (χ4v) is 2.97. The normalized spacial score (nSPS) is 11.3. The predicted octanol–water partition coefficient (Wildman–Crippen LogP) is 1.98. The van der Waals surface area contributed by atoms with Gasteiger partial charge in [-0.3, -0.25) is 9.67 Å². The zero-order chi connectivity index (χ0) is 18.1. The van der Waals surface area contributed by atoms with Gasteiger partial charge in [-0.2, -0.15) is 5.10 Å². The van der Waals surface area contributed by atoms with Crippen LogP contribution < -0.4 is 0 Å². The molecule has 4 aromatic heterocycles. The molecule has 0 amide bonds. The first-order valence-electron chi connectivity index (χ1n) is 8.44. The van der Waals surface area contributed by atoms with E-state index in [1.54, 1.807) is 21.8 Å². The van der Waals surface area contributed by atoms with Crippen LogP contribution in [0.1, 0.15) is 12.1 Å². The lowest BCUT2D eigenvalue weighted by Gasteiger charge is -2.05. The van der Waals surface area contributed by atoms with Crippen LogP contribution in [0.5, 0.6) is 0 Å². The van der Waals surface area contributed by atoms with Gasteiger partial charge in [-0.05, 0) is 31.5 Å². The molecule has 0 aliphatic carbocycles. The minimum atomic E-state index is 0.0945. The molecule has 0 saturated heterocycles. The standard InChI is InChI=1S/C18H19N7O/c1-12-14-10-13(11-20-18(14)24(2)22-12)17-21-16(15-6-3-4-7-19-15)23-25(17)8-5-9-26/h3-4,6-7,10-11,26H,5,8-9H2,1-2H3. The van der Waals surface area contributed by atoms with Crippen molar-refractivity contribution in [2.45, 2.75) is 19.9 Å². The lowest BCUT2D eigenvalue weighted by molar-refractivity contribution is 0.277. The van der Waals surface area contributed by atoms with Crippen LogP contribution in [0, 0.1) is 6.92 Å². The summed E-state index contributed by atoms with van der Waals surface area (Å²) in [4.78, 5) is 13.6. The smallest absolute Gasteiger partial charge is 0.200 e. The lowest BCUT2D eigenvalue weighted by atomic mass is 10.2. The zero-order valence-electron chi connectivity index (χ0n) is 14.7. The zero-order valence-corrected chi connectivity index (χ0v) is 14.7. The van der Waals surface area contributed by atoms with Crippen molar-refractivity contribution in [2.75, 3.05) is 6.61 Å². The predicted molar refractivity (Wildman–Crippen MR) is 97.2 cm³/mol. The van der Waals surface area contributed by atoms with E-state index in [4.69, 9.17) is 0 Å². The fourth-order valence-electron chi connectivity index (χ4n) is 2.97. The van der Waals surface area contributed by atoms with Crippen LogP contribution in [-0.4, -0.2) is 46.2 Å². The maximum atomic E-state index is 9.20. The first kappa shape index (κ1) is 16.3. The number of hydrogen-bond donors (Lipinski definition) is 1. The number of nitrogens with zero attached hydrogens (tertiary/aromatic N) is 7. The Kier molecular flexibility index (Phi) is 4.18. The number of aliphatic hydroxyl groups is 1. The Bertz CT molecular complexity index is 1050. The van der Waals surface area contributed by atoms with Crippen LogP contribution in [0.2, 0.25) is 0 Å². The van der Waals surface area contributed by atoms with E-state index in [2.05, 4.69) is 25.1 Å². The second-order valence-electron chi connectivity index (χ2n) is 6.08. The van der Waals surface area contributed by atoms with Crippen molar-refractivity contribution in [3.8, 4) is 22.9 Å². The molecule has 0 atom stereocenters. The SMILES string of the molecule is Cc1nn(C)c2ncc(-c3nc(-c4ccccn4)nn3CCCO)cc12. The molecule has 0 aliphatic rings. The maximum absolute atomic E-state index is 9.20. The average Bonchev–Trinajstić information content (AvgIpc) is 3.22. The van der Waals surface area contributed by atoms with Gasteiger partial charge in [0, 0.05) is 43.5 Å². The number of fused-ring (bicyclic) bond motifs is 1. The highest BCUT2D eigenvalue weighted by Gasteiger charge is 2.16. The molecule has 26 heavy (non-hydrogen) atoms. The second-order valence-corrected chi connectivity index (χ2v) is 6.08. The van der Waals surface area contributed by atoms with Crippen molar-refractivity contribution in [2.24, 2.45) is 7.05 Å². The average molecular weight is 349 g/mol. The molecule has 8 heteroatoms. The molecule has 0 spiro atoms. The van der Waals surface area contributed by atoms with Gasteiger partial charge in [0.1, 0.15) is 5.69 Å². The van der Waals surface area contributed by atoms with Crippen LogP contribution in [-0.2, 0) is 13.6 Å². The summed E-state index contributed by atoms with van der Waals surface area (Å²) >= 11 is 0. The molecule has 4 heterocycles. The van der Waals surface area contributed by atoms with Gasteiger partial charge < -0.3 is 5.11 Å². The third-order valence-corrected chi connectivity index (χ3v) is 4.21. The van der Waals surface area contributed by atoms with Gasteiger partial charge in [-0.15, -0.1) is 5.10 Å². The highest BCUT2D eigenvalue weighted by molar-refractivity contribution is 5.82. The number of hydrogen-bond acceptors (Lipinski definition) is 6. The summed E-state index contributed by atoms with van der Waals surface area (Å²) in [6.07, 6.45) is 4.10. The fraction of sp³-hybridized carbons (Fsp3) is 0.278. The Morgan fingerprint density at radius 1 is 1.15 bits per heavy atom. The topological polar surface area (TPSA) is 94.5 Å². The third kappa shape index (κ3) is 2.84. The van der Waals surface area contributed by atoms with Crippen LogP contribution in [0.3, 0.4) is 0 Å². The highest BCUT2D eigenvalue weighted by Crippen LogP contribution is 2.25. The van der Waals surface area contributed by atoms with E-state index in [1.165, 1.54) is 0 Å². The molecule has 0 fully saturated rings.